The van der Waals surface area contributed by atoms with Gasteiger partial charge in [0.25, 0.3) is 6.02 Å². The minimum absolute atomic E-state index is 0.0388. The Morgan fingerprint density at radius 3 is 2.33 bits per heavy atom. The number of nitrogens with zero attached hydrogens (tertiary/aromatic N) is 3. The molecule has 2 aromatic rings. The molecule has 3 rings (SSSR count). The van der Waals surface area contributed by atoms with Crippen LogP contribution in [0.3, 0.4) is 0 Å². The third kappa shape index (κ3) is 9.00. The number of anilines is 1. The van der Waals surface area contributed by atoms with Crippen LogP contribution in [-0.4, -0.2) is 59.4 Å². The zero-order valence-electron chi connectivity index (χ0n) is 25.4. The normalized spacial score (nSPS) is 17.7. The van der Waals surface area contributed by atoms with Gasteiger partial charge in [0.2, 0.25) is 0 Å². The van der Waals surface area contributed by atoms with E-state index in [1.165, 1.54) is 70.3 Å². The van der Waals surface area contributed by atoms with Crippen LogP contribution < -0.4 is 15.8 Å². The SMILES string of the molecule is CCC[CH2][Sn]([C]#CCOc1cnc(C(=O)Nc2ccc(F)c([C@@]3(C)N=C(N)OCC3(F)F)c2)cn1)([CH2]CCC)[CH2]CCC. The maximum atomic E-state index is 14.7. The minimum atomic E-state index is -3.55. The molecule has 12 heteroatoms. The van der Waals surface area contributed by atoms with Gasteiger partial charge in [-0.05, 0) is 13.0 Å². The summed E-state index contributed by atoms with van der Waals surface area (Å²) in [6.07, 6.45) is 9.82. The number of aromatic nitrogens is 2. The number of carbonyl (C=O) groups is 1. The first kappa shape index (κ1) is 34.5. The van der Waals surface area contributed by atoms with Crippen molar-refractivity contribution in [3.63, 3.8) is 0 Å². The van der Waals surface area contributed by atoms with Crippen molar-refractivity contribution in [1.82, 2.24) is 9.97 Å². The number of ether oxygens (including phenoxy) is 2. The summed E-state index contributed by atoms with van der Waals surface area (Å²) in [5, 5.41) is 2.54. The van der Waals surface area contributed by atoms with E-state index < -0.39 is 59.8 Å². The number of alkyl halides is 2. The number of nitrogens with one attached hydrogen (secondary N) is 1. The number of halogens is 3. The van der Waals surface area contributed by atoms with E-state index in [9.17, 15) is 18.0 Å². The van der Waals surface area contributed by atoms with Crippen LogP contribution in [0, 0.1) is 15.7 Å². The second-order valence-electron chi connectivity index (χ2n) is 11.1. The number of carbonyl (C=O) groups excluding carboxylic acids is 1. The first-order valence-corrected chi connectivity index (χ1v) is 22.4. The Morgan fingerprint density at radius 2 is 1.74 bits per heavy atom. The molecule has 0 unspecified atom stereocenters. The molecule has 1 aliphatic heterocycles. The molecule has 3 N–H and O–H groups in total. The van der Waals surface area contributed by atoms with Crippen molar-refractivity contribution in [2.24, 2.45) is 10.7 Å². The molecule has 1 amide bonds. The van der Waals surface area contributed by atoms with Gasteiger partial charge in [-0.15, -0.1) is 0 Å². The maximum absolute atomic E-state index is 14.7. The van der Waals surface area contributed by atoms with E-state index in [0.717, 1.165) is 19.1 Å². The number of nitrogens with two attached hydrogens (primary N) is 1. The molecule has 1 aromatic carbocycles. The molecule has 1 aromatic heterocycles. The third-order valence-electron chi connectivity index (χ3n) is 7.73. The molecule has 234 valence electrons. The summed E-state index contributed by atoms with van der Waals surface area (Å²) in [4.78, 5) is 24.8. The second-order valence-corrected chi connectivity index (χ2v) is 23.4. The van der Waals surface area contributed by atoms with Crippen LogP contribution in [0.15, 0.2) is 35.6 Å². The van der Waals surface area contributed by atoms with Crippen LogP contribution in [-0.2, 0) is 10.3 Å². The molecule has 1 atom stereocenters. The van der Waals surface area contributed by atoms with Gasteiger partial charge in [-0.1, -0.05) is 0 Å². The van der Waals surface area contributed by atoms with Crippen LogP contribution in [0.5, 0.6) is 5.88 Å². The van der Waals surface area contributed by atoms with Gasteiger partial charge in [0.05, 0.1) is 0 Å². The fourth-order valence-electron chi connectivity index (χ4n) is 5.02. The van der Waals surface area contributed by atoms with E-state index in [1.807, 2.05) is 0 Å². The Balaban J connectivity index is 1.68. The molecular formula is C31H42F3N5O3Sn. The van der Waals surface area contributed by atoms with Gasteiger partial charge in [-0.2, -0.15) is 8.78 Å². The van der Waals surface area contributed by atoms with E-state index in [0.29, 0.717) is 0 Å². The number of unbranched alkanes of at least 4 members (excludes halogenated alkanes) is 3. The number of aliphatic imine (C=N–C) groups is 1. The van der Waals surface area contributed by atoms with Gasteiger partial charge in [-0.25, -0.2) is 9.38 Å². The van der Waals surface area contributed by atoms with E-state index in [2.05, 4.69) is 55.6 Å². The Labute approximate surface area is 256 Å². The van der Waals surface area contributed by atoms with Crippen molar-refractivity contribution in [2.45, 2.75) is 91.0 Å². The molecule has 0 radical (unpaired) electrons. The van der Waals surface area contributed by atoms with Gasteiger partial charge in [-0.3, -0.25) is 0 Å². The number of amides is 1. The molecule has 0 bridgehead atoms. The number of amidine groups is 1. The molecule has 8 nitrogen and oxygen atoms in total. The Morgan fingerprint density at radius 1 is 1.09 bits per heavy atom. The molecule has 0 saturated heterocycles. The van der Waals surface area contributed by atoms with Crippen molar-refractivity contribution in [1.29, 1.82) is 0 Å². The predicted molar refractivity (Wildman–Crippen MR) is 164 cm³/mol. The van der Waals surface area contributed by atoms with Gasteiger partial charge >= 0.3 is 186 Å². The van der Waals surface area contributed by atoms with Crippen molar-refractivity contribution in [3.05, 3.63) is 47.7 Å². The summed E-state index contributed by atoms with van der Waals surface area (Å²) in [6, 6.07) is 2.85. The summed E-state index contributed by atoms with van der Waals surface area (Å²) >= 11 is -2.58. The molecule has 1 aliphatic rings. The third-order valence-corrected chi connectivity index (χ3v) is 21.0. The standard InChI is InChI=1S/C19H15F3N5O3.3C4H9.Sn/c1-3-6-29-15-9-24-14(8-25-15)16(28)26-11-4-5-13(20)12(7-11)18(2)19(21,22)10-30-17(23)27-18;3*1-3-4-2;/h4-5,7-9H,6,10H2,2H3,(H2,23,27)(H,26,28);3*1,3-4H2,2H3;/t18-;;;;/m1..../s1. The van der Waals surface area contributed by atoms with Crippen molar-refractivity contribution in [2.75, 3.05) is 18.5 Å². The van der Waals surface area contributed by atoms with Crippen LogP contribution in [0.25, 0.3) is 0 Å². The molecule has 0 saturated carbocycles. The van der Waals surface area contributed by atoms with Gasteiger partial charge in [0.1, 0.15) is 5.82 Å². The zero-order chi connectivity index (χ0) is 31.5. The summed E-state index contributed by atoms with van der Waals surface area (Å²) < 4.78 is 62.1. The van der Waals surface area contributed by atoms with E-state index in [1.54, 1.807) is 0 Å². The Kier molecular flexibility index (Phi) is 12.5. The quantitative estimate of drug-likeness (QED) is 0.164. The number of hydrogen-bond acceptors (Lipinski definition) is 7. The Hall–Kier alpha value is -3.01. The van der Waals surface area contributed by atoms with E-state index in [-0.39, 0.29) is 23.9 Å². The van der Waals surface area contributed by atoms with Crippen LogP contribution in [0.1, 0.15) is 82.3 Å². The summed E-state index contributed by atoms with van der Waals surface area (Å²) in [7, 11) is 0. The molecule has 0 aliphatic carbocycles. The van der Waals surface area contributed by atoms with E-state index >= 15 is 0 Å². The average Bonchev–Trinajstić information content (AvgIpc) is 2.99. The van der Waals surface area contributed by atoms with Crippen molar-refractivity contribution in [3.8, 4) is 15.7 Å². The van der Waals surface area contributed by atoms with Crippen LogP contribution in [0.2, 0.25) is 13.3 Å². The van der Waals surface area contributed by atoms with Crippen molar-refractivity contribution >= 4 is 36.0 Å². The van der Waals surface area contributed by atoms with Gasteiger partial charge < -0.3 is 10.5 Å². The summed E-state index contributed by atoms with van der Waals surface area (Å²) in [5.41, 5.74) is 2.77. The molecule has 2 heterocycles. The molecule has 43 heavy (non-hydrogen) atoms. The topological polar surface area (TPSA) is 112 Å². The average molecular weight is 708 g/mol. The number of hydrogen-bond donors (Lipinski definition) is 2. The number of rotatable bonds is 14. The number of benzene rings is 1. The van der Waals surface area contributed by atoms with Gasteiger partial charge in [0.15, 0.2) is 12.1 Å². The first-order valence-electron chi connectivity index (χ1n) is 14.9. The molecule has 0 spiro atoms. The monoisotopic (exact) mass is 709 g/mol. The second kappa shape index (κ2) is 15.6. The fraction of sp³-hybridized carbons (Fsp3) is 0.548. The van der Waals surface area contributed by atoms with Crippen LogP contribution >= 0.6 is 0 Å². The molecule has 0 fully saturated rings. The summed E-state index contributed by atoms with van der Waals surface area (Å²) in [5.74, 6) is -1.61. The van der Waals surface area contributed by atoms with Gasteiger partial charge in [0, 0.05) is 5.56 Å². The first-order chi connectivity index (χ1) is 20.5. The van der Waals surface area contributed by atoms with Crippen LogP contribution in [0.4, 0.5) is 18.9 Å². The predicted octanol–water partition coefficient (Wildman–Crippen LogP) is 6.83. The Bertz CT molecular complexity index is 1310. The fourth-order valence-corrected chi connectivity index (χ4v) is 18.3. The zero-order valence-corrected chi connectivity index (χ0v) is 28.3. The van der Waals surface area contributed by atoms with E-state index in [4.69, 9.17) is 10.5 Å². The summed E-state index contributed by atoms with van der Waals surface area (Å²) in [6.45, 7) is 6.89. The molecular weight excluding hydrogens is 666 g/mol. The van der Waals surface area contributed by atoms with Crippen molar-refractivity contribution < 1.29 is 27.4 Å².